The Bertz CT molecular complexity index is 635. The topological polar surface area (TPSA) is 269 Å². The molecule has 3 aliphatic heterocycles. The van der Waals surface area contributed by atoms with E-state index in [-0.39, 0.29) is 0 Å². The molecule has 3 saturated heterocycles. The maximum absolute atomic E-state index is 10.6. The first kappa shape index (κ1) is 27.9. The van der Waals surface area contributed by atoms with Gasteiger partial charge in [0.2, 0.25) is 0 Å². The van der Waals surface area contributed by atoms with Crippen molar-refractivity contribution >= 4 is 0 Å². The predicted octanol–water partition coefficient (Wildman–Crippen LogP) is -7.57. The summed E-state index contributed by atoms with van der Waals surface area (Å²) in [6, 6.07) is 0. The van der Waals surface area contributed by atoms with Crippen LogP contribution in [0.4, 0.5) is 0 Å². The summed E-state index contributed by atoms with van der Waals surface area (Å²) in [5.74, 6) is 0. The summed E-state index contributed by atoms with van der Waals surface area (Å²) < 4.78 is 26.4. The molecule has 3 aliphatic rings. The van der Waals surface area contributed by atoms with E-state index in [1.54, 1.807) is 0 Å². The smallest absolute Gasteiger partial charge is 0.187 e. The summed E-state index contributed by atoms with van der Waals surface area (Å²) in [5.41, 5.74) is 0. The maximum atomic E-state index is 10.6. The zero-order chi connectivity index (χ0) is 25.3. The molecule has 0 amide bonds. The predicted molar refractivity (Wildman–Crippen MR) is 101 cm³/mol. The van der Waals surface area contributed by atoms with Gasteiger partial charge in [0.1, 0.15) is 73.2 Å². The lowest BCUT2D eigenvalue weighted by atomic mass is 9.96. The zero-order valence-electron chi connectivity index (χ0n) is 17.7. The third-order valence-electron chi connectivity index (χ3n) is 6.09. The Balaban J connectivity index is 1.72. The van der Waals surface area contributed by atoms with Crippen LogP contribution in [0, 0.1) is 0 Å². The van der Waals surface area contributed by atoms with Crippen molar-refractivity contribution in [3.63, 3.8) is 0 Å². The highest BCUT2D eigenvalue weighted by Gasteiger charge is 2.53. The lowest BCUT2D eigenvalue weighted by Crippen LogP contribution is -2.66. The van der Waals surface area contributed by atoms with E-state index in [0.29, 0.717) is 0 Å². The lowest BCUT2D eigenvalue weighted by molar-refractivity contribution is -0.377. The van der Waals surface area contributed by atoms with Gasteiger partial charge in [-0.3, -0.25) is 0 Å². The van der Waals surface area contributed by atoms with Crippen molar-refractivity contribution < 1.29 is 79.9 Å². The Morgan fingerprint density at radius 1 is 0.441 bits per heavy atom. The minimum absolute atomic E-state index is 0.741. The maximum Gasteiger partial charge on any atom is 0.187 e. The first-order valence-corrected chi connectivity index (χ1v) is 10.6. The largest absolute Gasteiger partial charge is 0.394 e. The van der Waals surface area contributed by atoms with Crippen molar-refractivity contribution in [2.75, 3.05) is 19.8 Å². The average Bonchev–Trinajstić information content (AvgIpc) is 2.83. The molecule has 34 heavy (non-hydrogen) atoms. The van der Waals surface area contributed by atoms with Crippen LogP contribution in [0.3, 0.4) is 0 Å². The quantitative estimate of drug-likeness (QED) is 0.154. The van der Waals surface area contributed by atoms with Crippen molar-refractivity contribution in [1.29, 1.82) is 0 Å². The second-order valence-electron chi connectivity index (χ2n) is 8.33. The molecule has 3 heterocycles. The number of hydrogen-bond donors (Lipinski definition) is 11. The van der Waals surface area contributed by atoms with Gasteiger partial charge in [0.05, 0.1) is 19.8 Å². The fraction of sp³-hybridized carbons (Fsp3) is 1.00. The second-order valence-corrected chi connectivity index (χ2v) is 8.33. The van der Waals surface area contributed by atoms with E-state index in [0.717, 1.165) is 0 Å². The summed E-state index contributed by atoms with van der Waals surface area (Å²) >= 11 is 0. The molecule has 0 bridgehead atoms. The van der Waals surface area contributed by atoms with E-state index in [9.17, 15) is 56.2 Å². The zero-order valence-corrected chi connectivity index (χ0v) is 17.7. The minimum atomic E-state index is -1.91. The lowest BCUT2D eigenvalue weighted by Gasteiger charge is -2.47. The first-order chi connectivity index (χ1) is 16.0. The van der Waals surface area contributed by atoms with Crippen molar-refractivity contribution in [2.24, 2.45) is 0 Å². The van der Waals surface area contributed by atoms with Crippen LogP contribution in [0.1, 0.15) is 0 Å². The Morgan fingerprint density at radius 3 is 1.35 bits per heavy atom. The van der Waals surface area contributed by atoms with Crippen LogP contribution in [0.25, 0.3) is 0 Å². The molecule has 6 unspecified atom stereocenters. The summed E-state index contributed by atoms with van der Waals surface area (Å²) in [6.07, 6.45) is -25.1. The van der Waals surface area contributed by atoms with Gasteiger partial charge in [-0.15, -0.1) is 0 Å². The summed E-state index contributed by atoms with van der Waals surface area (Å²) in [5, 5.41) is 109. The fourth-order valence-corrected chi connectivity index (χ4v) is 4.06. The van der Waals surface area contributed by atoms with Gasteiger partial charge in [-0.25, -0.2) is 0 Å². The van der Waals surface area contributed by atoms with Gasteiger partial charge in [-0.2, -0.15) is 0 Å². The van der Waals surface area contributed by atoms with Gasteiger partial charge in [-0.05, 0) is 0 Å². The highest BCUT2D eigenvalue weighted by Crippen LogP contribution is 2.32. The highest BCUT2D eigenvalue weighted by atomic mass is 16.8. The summed E-state index contributed by atoms with van der Waals surface area (Å²) in [7, 11) is 0. The second kappa shape index (κ2) is 11.6. The molecule has 16 nitrogen and oxygen atoms in total. The van der Waals surface area contributed by atoms with Crippen LogP contribution in [0.5, 0.6) is 0 Å². The molecule has 3 fully saturated rings. The summed E-state index contributed by atoms with van der Waals surface area (Å²) in [6.45, 7) is -2.32. The Hall–Kier alpha value is -0.640. The van der Waals surface area contributed by atoms with Gasteiger partial charge >= 0.3 is 0 Å². The highest BCUT2D eigenvalue weighted by molar-refractivity contribution is 4.96. The van der Waals surface area contributed by atoms with Gasteiger partial charge in [0.15, 0.2) is 18.9 Å². The molecule has 0 aliphatic carbocycles. The Labute approximate surface area is 192 Å². The molecular weight excluding hydrogens is 472 g/mol. The fourth-order valence-electron chi connectivity index (χ4n) is 4.06. The van der Waals surface area contributed by atoms with Crippen LogP contribution < -0.4 is 0 Å². The van der Waals surface area contributed by atoms with E-state index in [2.05, 4.69) is 0 Å². The van der Waals surface area contributed by atoms with Crippen molar-refractivity contribution in [1.82, 2.24) is 0 Å². The number of aliphatic hydroxyl groups excluding tert-OH is 11. The number of hydrogen-bond acceptors (Lipinski definition) is 16. The number of rotatable bonds is 7. The molecule has 11 N–H and O–H groups in total. The van der Waals surface area contributed by atoms with E-state index in [1.165, 1.54) is 0 Å². The van der Waals surface area contributed by atoms with E-state index in [1.807, 2.05) is 0 Å². The van der Waals surface area contributed by atoms with Crippen molar-refractivity contribution in [3.05, 3.63) is 0 Å². The molecule has 16 heteroatoms. The van der Waals surface area contributed by atoms with Gasteiger partial charge in [0, 0.05) is 0 Å². The van der Waals surface area contributed by atoms with Crippen LogP contribution in [0.2, 0.25) is 0 Å². The Morgan fingerprint density at radius 2 is 0.853 bits per heavy atom. The third kappa shape index (κ3) is 5.37. The standard InChI is InChI=1S/C18H32O16/c19-1-4-7(22)8(23)12(27)17(31-4)34-15-6(3-21)32-18(13(28)10(15)25)33-14-5(2-20)30-16(29)11(26)9(14)24/h4-29H,1-3H2/t4?,5?,6?,7-,8-,9+,10+,11?,12?,13?,14+,15-,16+,17-,18-/m1/s1. The molecule has 0 saturated carbocycles. The van der Waals surface area contributed by atoms with E-state index < -0.39 is 112 Å². The molecule has 0 aromatic heterocycles. The van der Waals surface area contributed by atoms with Crippen molar-refractivity contribution in [3.8, 4) is 0 Å². The summed E-state index contributed by atoms with van der Waals surface area (Å²) in [4.78, 5) is 0. The normalized spacial score (nSPS) is 52.5. The van der Waals surface area contributed by atoms with Gasteiger partial charge < -0.3 is 79.9 Å². The molecule has 0 spiro atoms. The van der Waals surface area contributed by atoms with Crippen molar-refractivity contribution in [2.45, 2.75) is 92.1 Å². The first-order valence-electron chi connectivity index (χ1n) is 10.6. The monoisotopic (exact) mass is 504 g/mol. The van der Waals surface area contributed by atoms with Crippen LogP contribution in [0.15, 0.2) is 0 Å². The molecule has 15 atom stereocenters. The minimum Gasteiger partial charge on any atom is -0.394 e. The SMILES string of the molecule is OCC1O[C@H](O[C@@H]2C(CO)O[C@H](O[C@H]3C(CO)O[C@H](O)C(O)[C@@H]3O)C(O)[C@@H]2O)C(O)[C@H](O)[C@@H]1O. The van der Waals surface area contributed by atoms with Crippen LogP contribution in [-0.4, -0.2) is 168 Å². The molecular formula is C18H32O16. The third-order valence-corrected chi connectivity index (χ3v) is 6.09. The molecule has 3 rings (SSSR count). The van der Waals surface area contributed by atoms with Gasteiger partial charge in [0.25, 0.3) is 0 Å². The van der Waals surface area contributed by atoms with E-state index >= 15 is 0 Å². The molecule has 200 valence electrons. The number of ether oxygens (including phenoxy) is 5. The Kier molecular flexibility index (Phi) is 9.54. The van der Waals surface area contributed by atoms with Crippen LogP contribution in [-0.2, 0) is 23.7 Å². The van der Waals surface area contributed by atoms with E-state index in [4.69, 9.17) is 23.7 Å². The van der Waals surface area contributed by atoms with Gasteiger partial charge in [-0.1, -0.05) is 0 Å². The molecule has 0 aromatic carbocycles. The molecule has 0 radical (unpaired) electrons. The number of aliphatic hydroxyl groups is 11. The molecule has 0 aromatic rings. The van der Waals surface area contributed by atoms with Crippen LogP contribution >= 0.6 is 0 Å². The average molecular weight is 504 g/mol.